The Morgan fingerprint density at radius 3 is 2.50 bits per heavy atom. The van der Waals surface area contributed by atoms with Gasteiger partial charge >= 0.3 is 0 Å². The van der Waals surface area contributed by atoms with Gasteiger partial charge < -0.3 is 16.2 Å². The van der Waals surface area contributed by atoms with Crippen LogP contribution in [-0.2, 0) is 4.79 Å². The van der Waals surface area contributed by atoms with E-state index in [1.165, 1.54) is 0 Å². The van der Waals surface area contributed by atoms with Crippen molar-refractivity contribution in [2.24, 2.45) is 11.1 Å². The van der Waals surface area contributed by atoms with Gasteiger partial charge in [0.05, 0.1) is 5.41 Å². The number of primary amides is 1. The molecule has 4 N–H and O–H groups in total. The lowest BCUT2D eigenvalue weighted by atomic mass is 9.74. The van der Waals surface area contributed by atoms with Gasteiger partial charge in [-0.2, -0.15) is 0 Å². The van der Waals surface area contributed by atoms with Crippen LogP contribution in [0.1, 0.15) is 32.1 Å². The van der Waals surface area contributed by atoms with Crippen molar-refractivity contribution in [1.82, 2.24) is 5.32 Å². The Balaban J connectivity index is 2.47. The predicted molar refractivity (Wildman–Crippen MR) is 54.7 cm³/mol. The zero-order valence-electron chi connectivity index (χ0n) is 8.59. The number of nitrogens with two attached hydrogens (primary N) is 1. The maximum absolute atomic E-state index is 11.4. The monoisotopic (exact) mass is 200 g/mol. The lowest BCUT2D eigenvalue weighted by Crippen LogP contribution is -2.45. The minimum atomic E-state index is -0.305. The quantitative estimate of drug-likeness (QED) is 0.547. The Kier molecular flexibility index (Phi) is 4.35. The summed E-state index contributed by atoms with van der Waals surface area (Å²) in [6.07, 6.45) is 4.16. The lowest BCUT2D eigenvalue weighted by Gasteiger charge is -2.34. The molecule has 0 bridgehead atoms. The predicted octanol–water partition coefficient (Wildman–Crippen LogP) is 0.00410. The second-order valence-corrected chi connectivity index (χ2v) is 4.08. The van der Waals surface area contributed by atoms with E-state index in [0.29, 0.717) is 0 Å². The van der Waals surface area contributed by atoms with Gasteiger partial charge in [-0.15, -0.1) is 0 Å². The molecule has 0 spiro atoms. The molecule has 82 valence electrons. The maximum Gasteiger partial charge on any atom is 0.223 e. The van der Waals surface area contributed by atoms with E-state index in [1.807, 2.05) is 0 Å². The summed E-state index contributed by atoms with van der Waals surface area (Å²) in [6.45, 7) is 1.96. The van der Waals surface area contributed by atoms with Crippen LogP contribution in [0.4, 0.5) is 0 Å². The van der Waals surface area contributed by atoms with E-state index in [4.69, 9.17) is 10.8 Å². The molecule has 0 aromatic rings. The number of nitrogens with one attached hydrogen (secondary N) is 1. The van der Waals surface area contributed by atoms with Crippen LogP contribution < -0.4 is 11.1 Å². The van der Waals surface area contributed by atoms with Gasteiger partial charge in [0, 0.05) is 6.61 Å². The summed E-state index contributed by atoms with van der Waals surface area (Å²) in [5.74, 6) is -0.170. The number of rotatable bonds is 5. The Bertz CT molecular complexity index is 189. The summed E-state index contributed by atoms with van der Waals surface area (Å²) in [5, 5.41) is 11.9. The Hall–Kier alpha value is -0.610. The number of carbonyl (C=O) groups excluding carboxylic acids is 1. The van der Waals surface area contributed by atoms with Crippen molar-refractivity contribution in [2.45, 2.75) is 32.1 Å². The van der Waals surface area contributed by atoms with Crippen LogP contribution in [0.15, 0.2) is 0 Å². The summed E-state index contributed by atoms with van der Waals surface area (Å²) in [4.78, 5) is 11.4. The largest absolute Gasteiger partial charge is 0.396 e. The topological polar surface area (TPSA) is 75.4 Å². The molecule has 4 nitrogen and oxygen atoms in total. The molecule has 1 aliphatic heterocycles. The van der Waals surface area contributed by atoms with Crippen LogP contribution in [0.5, 0.6) is 0 Å². The van der Waals surface area contributed by atoms with Gasteiger partial charge in [0.2, 0.25) is 5.91 Å². The molecule has 1 fully saturated rings. The van der Waals surface area contributed by atoms with Crippen LogP contribution in [-0.4, -0.2) is 30.7 Å². The Morgan fingerprint density at radius 2 is 2.00 bits per heavy atom. The average molecular weight is 200 g/mol. The van der Waals surface area contributed by atoms with Crippen LogP contribution in [0.3, 0.4) is 0 Å². The first-order valence-electron chi connectivity index (χ1n) is 5.33. The van der Waals surface area contributed by atoms with Gasteiger partial charge in [0.1, 0.15) is 0 Å². The molecule has 14 heavy (non-hydrogen) atoms. The molecule has 1 heterocycles. The average Bonchev–Trinajstić information content (AvgIpc) is 2.19. The van der Waals surface area contributed by atoms with Crippen molar-refractivity contribution >= 4 is 5.91 Å². The highest BCUT2D eigenvalue weighted by Crippen LogP contribution is 2.33. The first-order valence-corrected chi connectivity index (χ1v) is 5.33. The highest BCUT2D eigenvalue weighted by atomic mass is 16.2. The molecule has 1 aliphatic rings. The van der Waals surface area contributed by atoms with Gasteiger partial charge in [0.15, 0.2) is 0 Å². The van der Waals surface area contributed by atoms with Crippen LogP contribution in [0.25, 0.3) is 0 Å². The minimum Gasteiger partial charge on any atom is -0.396 e. The van der Waals surface area contributed by atoms with E-state index < -0.39 is 0 Å². The second-order valence-electron chi connectivity index (χ2n) is 4.08. The highest BCUT2D eigenvalue weighted by Gasteiger charge is 2.36. The smallest absolute Gasteiger partial charge is 0.223 e. The summed E-state index contributed by atoms with van der Waals surface area (Å²) >= 11 is 0. The molecule has 0 radical (unpaired) electrons. The highest BCUT2D eigenvalue weighted by molar-refractivity contribution is 5.80. The molecule has 0 aliphatic carbocycles. The molecule has 0 atom stereocenters. The maximum atomic E-state index is 11.4. The molecule has 0 unspecified atom stereocenters. The first kappa shape index (κ1) is 11.5. The summed E-state index contributed by atoms with van der Waals surface area (Å²) in [7, 11) is 0. The minimum absolute atomic E-state index is 0.170. The van der Waals surface area contributed by atoms with E-state index in [-0.39, 0.29) is 17.9 Å². The molecule has 1 rings (SSSR count). The zero-order chi connectivity index (χ0) is 10.4. The Labute approximate surface area is 84.9 Å². The standard InChI is InChI=1S/C10H20N2O2/c11-9(14)10(3-1-2-8-13)4-6-12-7-5-10/h12-13H,1-8H2,(H2,11,14). The van der Waals surface area contributed by atoms with Crippen molar-refractivity contribution in [3.8, 4) is 0 Å². The summed E-state index contributed by atoms with van der Waals surface area (Å²) in [5.41, 5.74) is 5.15. The van der Waals surface area contributed by atoms with E-state index >= 15 is 0 Å². The van der Waals surface area contributed by atoms with E-state index in [9.17, 15) is 4.79 Å². The van der Waals surface area contributed by atoms with Gasteiger partial charge in [0.25, 0.3) is 0 Å². The summed E-state index contributed by atoms with van der Waals surface area (Å²) < 4.78 is 0. The summed E-state index contributed by atoms with van der Waals surface area (Å²) in [6, 6.07) is 0. The fraction of sp³-hybridized carbons (Fsp3) is 0.900. The number of carbonyl (C=O) groups is 1. The fourth-order valence-electron chi connectivity index (χ4n) is 2.10. The normalized spacial score (nSPS) is 20.6. The van der Waals surface area contributed by atoms with Crippen molar-refractivity contribution in [2.75, 3.05) is 19.7 Å². The fourth-order valence-corrected chi connectivity index (χ4v) is 2.10. The molecule has 0 aromatic carbocycles. The number of amides is 1. The molecular formula is C10H20N2O2. The molecular weight excluding hydrogens is 180 g/mol. The Morgan fingerprint density at radius 1 is 1.36 bits per heavy atom. The lowest BCUT2D eigenvalue weighted by molar-refractivity contribution is -0.129. The van der Waals surface area contributed by atoms with E-state index in [0.717, 1.165) is 45.2 Å². The van der Waals surface area contributed by atoms with Crippen molar-refractivity contribution in [3.63, 3.8) is 0 Å². The van der Waals surface area contributed by atoms with Crippen molar-refractivity contribution in [3.05, 3.63) is 0 Å². The number of piperidine rings is 1. The number of hydrogen-bond donors (Lipinski definition) is 3. The van der Waals surface area contributed by atoms with Crippen LogP contribution in [0.2, 0.25) is 0 Å². The van der Waals surface area contributed by atoms with Gasteiger partial charge in [-0.05, 0) is 38.8 Å². The SMILES string of the molecule is NC(=O)C1(CCCCO)CCNCC1. The van der Waals surface area contributed by atoms with E-state index in [1.54, 1.807) is 0 Å². The van der Waals surface area contributed by atoms with E-state index in [2.05, 4.69) is 5.32 Å². The van der Waals surface area contributed by atoms with Crippen LogP contribution >= 0.6 is 0 Å². The van der Waals surface area contributed by atoms with Gasteiger partial charge in [-0.3, -0.25) is 4.79 Å². The number of hydrogen-bond acceptors (Lipinski definition) is 3. The zero-order valence-corrected chi connectivity index (χ0v) is 8.59. The van der Waals surface area contributed by atoms with Gasteiger partial charge in [-0.1, -0.05) is 6.42 Å². The second kappa shape index (κ2) is 5.32. The van der Waals surface area contributed by atoms with Gasteiger partial charge in [-0.25, -0.2) is 0 Å². The molecule has 0 aromatic heterocycles. The molecule has 1 amide bonds. The number of unbranched alkanes of at least 4 members (excludes halogenated alkanes) is 1. The number of aliphatic hydroxyl groups is 1. The number of aliphatic hydroxyl groups excluding tert-OH is 1. The third-order valence-corrected chi connectivity index (χ3v) is 3.15. The van der Waals surface area contributed by atoms with Crippen molar-refractivity contribution in [1.29, 1.82) is 0 Å². The van der Waals surface area contributed by atoms with Crippen LogP contribution in [0, 0.1) is 5.41 Å². The first-order chi connectivity index (χ1) is 6.71. The van der Waals surface area contributed by atoms with Crippen molar-refractivity contribution < 1.29 is 9.90 Å². The third kappa shape index (κ3) is 2.69. The third-order valence-electron chi connectivity index (χ3n) is 3.15. The molecule has 0 saturated carbocycles. The molecule has 1 saturated heterocycles. The molecule has 4 heteroatoms.